The lowest BCUT2D eigenvalue weighted by atomic mass is 10.1. The highest BCUT2D eigenvalue weighted by molar-refractivity contribution is 9.10. The predicted molar refractivity (Wildman–Crippen MR) is 77.2 cm³/mol. The van der Waals surface area contributed by atoms with E-state index in [0.29, 0.717) is 0 Å². The van der Waals surface area contributed by atoms with Gasteiger partial charge in [-0.3, -0.25) is 0 Å². The van der Waals surface area contributed by atoms with Crippen molar-refractivity contribution >= 4 is 27.0 Å². The van der Waals surface area contributed by atoms with Gasteiger partial charge in [-0.05, 0) is 36.8 Å². The lowest BCUT2D eigenvalue weighted by Gasteiger charge is -2.09. The van der Waals surface area contributed by atoms with Gasteiger partial charge >= 0.3 is 0 Å². The molecule has 4 nitrogen and oxygen atoms in total. The number of hydrogen-bond acceptors (Lipinski definition) is 3. The molecule has 3 rings (SSSR count). The van der Waals surface area contributed by atoms with Crippen molar-refractivity contribution in [1.82, 2.24) is 15.0 Å². The number of nitrogens with zero attached hydrogens (tertiary/aromatic N) is 3. The highest BCUT2D eigenvalue weighted by Crippen LogP contribution is 2.26. The third-order valence-electron chi connectivity index (χ3n) is 3.03. The second-order valence-corrected chi connectivity index (χ2v) is 5.23. The first-order chi connectivity index (χ1) is 9.16. The van der Waals surface area contributed by atoms with Crippen molar-refractivity contribution in [3.8, 4) is 5.69 Å². The van der Waals surface area contributed by atoms with E-state index in [9.17, 15) is 5.11 Å². The number of rotatable bonds is 2. The van der Waals surface area contributed by atoms with Crippen LogP contribution in [-0.2, 0) is 0 Å². The maximum Gasteiger partial charge on any atom is 0.113 e. The van der Waals surface area contributed by atoms with Crippen molar-refractivity contribution in [3.05, 3.63) is 52.5 Å². The highest BCUT2D eigenvalue weighted by atomic mass is 79.9. The SMILES string of the molecule is C[C@H](O)c1ccc(-n2nnc3ccccc32)cc1Br. The number of aromatic nitrogens is 3. The van der Waals surface area contributed by atoms with Gasteiger partial charge in [0.15, 0.2) is 0 Å². The van der Waals surface area contributed by atoms with E-state index in [-0.39, 0.29) is 0 Å². The molecule has 1 N–H and O–H groups in total. The van der Waals surface area contributed by atoms with Crippen LogP contribution in [0.1, 0.15) is 18.6 Å². The number of halogens is 1. The molecule has 0 aliphatic carbocycles. The maximum absolute atomic E-state index is 9.63. The monoisotopic (exact) mass is 317 g/mol. The van der Waals surface area contributed by atoms with E-state index in [2.05, 4.69) is 26.2 Å². The van der Waals surface area contributed by atoms with Crippen molar-refractivity contribution in [1.29, 1.82) is 0 Å². The molecule has 1 aromatic heterocycles. The van der Waals surface area contributed by atoms with E-state index in [1.54, 1.807) is 11.6 Å². The number of aliphatic hydroxyl groups excluding tert-OH is 1. The summed E-state index contributed by atoms with van der Waals surface area (Å²) in [6.45, 7) is 1.74. The molecular formula is C14H12BrN3O. The van der Waals surface area contributed by atoms with Gasteiger partial charge in [0, 0.05) is 4.47 Å². The topological polar surface area (TPSA) is 50.9 Å². The molecule has 0 aliphatic heterocycles. The summed E-state index contributed by atoms with van der Waals surface area (Å²) in [6, 6.07) is 13.6. The van der Waals surface area contributed by atoms with E-state index in [4.69, 9.17) is 0 Å². The van der Waals surface area contributed by atoms with Gasteiger partial charge in [0.2, 0.25) is 0 Å². The van der Waals surface area contributed by atoms with E-state index >= 15 is 0 Å². The Kier molecular flexibility index (Phi) is 3.08. The number of para-hydroxylation sites is 1. The smallest absolute Gasteiger partial charge is 0.113 e. The lowest BCUT2D eigenvalue weighted by Crippen LogP contribution is -1.99. The Labute approximate surface area is 118 Å². The summed E-state index contributed by atoms with van der Waals surface area (Å²) in [6.07, 6.45) is -0.504. The maximum atomic E-state index is 9.63. The predicted octanol–water partition coefficient (Wildman–Crippen LogP) is 3.24. The number of benzene rings is 2. The van der Waals surface area contributed by atoms with Crippen LogP contribution in [0, 0.1) is 0 Å². The minimum atomic E-state index is -0.504. The molecule has 0 fully saturated rings. The molecule has 5 heteroatoms. The second-order valence-electron chi connectivity index (χ2n) is 4.37. The normalized spacial score (nSPS) is 12.8. The minimum absolute atomic E-state index is 0.504. The van der Waals surface area contributed by atoms with Crippen LogP contribution in [0.5, 0.6) is 0 Å². The van der Waals surface area contributed by atoms with Crippen LogP contribution < -0.4 is 0 Å². The summed E-state index contributed by atoms with van der Waals surface area (Å²) in [4.78, 5) is 0. The fourth-order valence-corrected chi connectivity index (χ4v) is 2.74. The number of aliphatic hydroxyl groups is 1. The summed E-state index contributed by atoms with van der Waals surface area (Å²) in [5.41, 5.74) is 3.58. The first-order valence-corrected chi connectivity index (χ1v) is 6.74. The first-order valence-electron chi connectivity index (χ1n) is 5.95. The molecule has 2 aromatic carbocycles. The van der Waals surface area contributed by atoms with Crippen LogP contribution in [0.3, 0.4) is 0 Å². The average Bonchev–Trinajstić information content (AvgIpc) is 2.82. The van der Waals surface area contributed by atoms with Crippen LogP contribution in [0.15, 0.2) is 46.9 Å². The number of hydrogen-bond donors (Lipinski definition) is 1. The Bertz CT molecular complexity index is 736. The zero-order valence-electron chi connectivity index (χ0n) is 10.3. The average molecular weight is 318 g/mol. The summed E-state index contributed by atoms with van der Waals surface area (Å²) < 4.78 is 2.64. The van der Waals surface area contributed by atoms with Crippen molar-refractivity contribution in [2.24, 2.45) is 0 Å². The van der Waals surface area contributed by atoms with Gasteiger partial charge in [0.05, 0.1) is 17.3 Å². The third-order valence-corrected chi connectivity index (χ3v) is 3.72. The summed E-state index contributed by atoms with van der Waals surface area (Å²) >= 11 is 3.48. The Morgan fingerprint density at radius 3 is 2.74 bits per heavy atom. The first kappa shape index (κ1) is 12.3. The molecule has 96 valence electrons. The molecule has 19 heavy (non-hydrogen) atoms. The molecule has 0 saturated heterocycles. The zero-order valence-corrected chi connectivity index (χ0v) is 11.9. The van der Waals surface area contributed by atoms with Gasteiger partial charge in [0.25, 0.3) is 0 Å². The fraction of sp³-hybridized carbons (Fsp3) is 0.143. The molecule has 0 aliphatic rings. The molecule has 0 radical (unpaired) electrons. The second kappa shape index (κ2) is 4.75. The Hall–Kier alpha value is -1.72. The van der Waals surface area contributed by atoms with Crippen LogP contribution in [0.2, 0.25) is 0 Å². The van der Waals surface area contributed by atoms with Crippen molar-refractivity contribution < 1.29 is 5.11 Å². The van der Waals surface area contributed by atoms with Crippen molar-refractivity contribution in [3.63, 3.8) is 0 Å². The van der Waals surface area contributed by atoms with E-state index in [1.165, 1.54) is 0 Å². The molecular weight excluding hydrogens is 306 g/mol. The minimum Gasteiger partial charge on any atom is -0.389 e. The lowest BCUT2D eigenvalue weighted by molar-refractivity contribution is 0.198. The van der Waals surface area contributed by atoms with Gasteiger partial charge < -0.3 is 5.11 Å². The van der Waals surface area contributed by atoms with Crippen molar-refractivity contribution in [2.45, 2.75) is 13.0 Å². The molecule has 0 amide bonds. The zero-order chi connectivity index (χ0) is 13.4. The molecule has 1 atom stereocenters. The molecule has 0 saturated carbocycles. The third kappa shape index (κ3) is 2.15. The van der Waals surface area contributed by atoms with Crippen molar-refractivity contribution in [2.75, 3.05) is 0 Å². The summed E-state index contributed by atoms with van der Waals surface area (Å²) in [5, 5.41) is 17.9. The number of fused-ring (bicyclic) bond motifs is 1. The van der Waals surface area contributed by atoms with Gasteiger partial charge in [-0.2, -0.15) is 0 Å². The largest absolute Gasteiger partial charge is 0.389 e. The summed E-state index contributed by atoms with van der Waals surface area (Å²) in [5.74, 6) is 0. The van der Waals surface area contributed by atoms with Gasteiger partial charge in [-0.15, -0.1) is 5.10 Å². The van der Waals surface area contributed by atoms with Crippen LogP contribution >= 0.6 is 15.9 Å². The standard InChI is InChI=1S/C14H12BrN3O/c1-9(19)11-7-6-10(8-12(11)15)18-14-5-3-2-4-13(14)16-17-18/h2-9,19H,1H3/t9-/m0/s1. The Morgan fingerprint density at radius 1 is 1.21 bits per heavy atom. The Balaban J connectivity index is 2.14. The highest BCUT2D eigenvalue weighted by Gasteiger charge is 2.10. The Morgan fingerprint density at radius 2 is 2.00 bits per heavy atom. The molecule has 1 heterocycles. The van der Waals surface area contributed by atoms with Crippen LogP contribution in [-0.4, -0.2) is 20.1 Å². The fourth-order valence-electron chi connectivity index (χ4n) is 2.05. The van der Waals surface area contributed by atoms with Gasteiger partial charge in [0.1, 0.15) is 5.52 Å². The summed E-state index contributed by atoms with van der Waals surface area (Å²) in [7, 11) is 0. The van der Waals surface area contributed by atoms with Gasteiger partial charge in [-0.1, -0.05) is 39.3 Å². The quantitative estimate of drug-likeness (QED) is 0.789. The molecule has 0 bridgehead atoms. The van der Waals surface area contributed by atoms with Crippen LogP contribution in [0.25, 0.3) is 16.7 Å². The van der Waals surface area contributed by atoms with E-state index in [1.807, 2.05) is 42.5 Å². The molecule has 3 aromatic rings. The van der Waals surface area contributed by atoms with Crippen LogP contribution in [0.4, 0.5) is 0 Å². The van der Waals surface area contributed by atoms with E-state index in [0.717, 1.165) is 26.8 Å². The van der Waals surface area contributed by atoms with Gasteiger partial charge in [-0.25, -0.2) is 4.68 Å². The molecule has 0 unspecified atom stereocenters. The molecule has 0 spiro atoms. The van der Waals surface area contributed by atoms with E-state index < -0.39 is 6.10 Å².